The number of carbonyl (C=O) groups excluding carboxylic acids is 2. The zero-order valence-corrected chi connectivity index (χ0v) is 10.5. The van der Waals surface area contributed by atoms with Crippen LogP contribution in [0.15, 0.2) is 30.5 Å². The molecule has 2 amide bonds. The van der Waals surface area contributed by atoms with E-state index in [-0.39, 0.29) is 11.8 Å². The highest BCUT2D eigenvalue weighted by Gasteiger charge is 2.35. The van der Waals surface area contributed by atoms with Gasteiger partial charge in [-0.1, -0.05) is 12.1 Å². The van der Waals surface area contributed by atoms with Gasteiger partial charge in [-0.15, -0.1) is 11.3 Å². The van der Waals surface area contributed by atoms with Crippen molar-refractivity contribution in [3.05, 3.63) is 51.5 Å². The second kappa shape index (κ2) is 4.03. The Labute approximate surface area is 108 Å². The normalized spacial score (nSPS) is 14.2. The maximum atomic E-state index is 12.1. The van der Waals surface area contributed by atoms with Gasteiger partial charge < -0.3 is 0 Å². The molecule has 0 saturated heterocycles. The van der Waals surface area contributed by atoms with E-state index in [1.165, 1.54) is 16.2 Å². The van der Waals surface area contributed by atoms with E-state index in [2.05, 4.69) is 4.98 Å². The molecule has 2 aromatic rings. The number of amides is 2. The van der Waals surface area contributed by atoms with Gasteiger partial charge in [0.1, 0.15) is 0 Å². The number of fused-ring (bicyclic) bond motifs is 1. The highest BCUT2D eigenvalue weighted by atomic mass is 32.1. The van der Waals surface area contributed by atoms with Crippen LogP contribution in [0.25, 0.3) is 0 Å². The molecule has 0 aliphatic carbocycles. The van der Waals surface area contributed by atoms with Crippen LogP contribution in [0, 0.1) is 6.92 Å². The third-order valence-electron chi connectivity index (χ3n) is 2.86. The van der Waals surface area contributed by atoms with Crippen LogP contribution in [0.3, 0.4) is 0 Å². The lowest BCUT2D eigenvalue weighted by molar-refractivity contribution is 0.0644. The molecular formula is C13H10N2O2S. The van der Waals surface area contributed by atoms with E-state index in [4.69, 9.17) is 0 Å². The molecule has 90 valence electrons. The Morgan fingerprint density at radius 1 is 1.17 bits per heavy atom. The molecule has 1 aromatic carbocycles. The largest absolute Gasteiger partial charge is 0.269 e. The number of aryl methyl sites for hydroxylation is 1. The first-order valence-electron chi connectivity index (χ1n) is 5.53. The summed E-state index contributed by atoms with van der Waals surface area (Å²) >= 11 is 1.50. The third kappa shape index (κ3) is 1.64. The predicted octanol–water partition coefficient (Wildman–Crippen LogP) is 2.25. The van der Waals surface area contributed by atoms with Crippen molar-refractivity contribution >= 4 is 23.2 Å². The molecule has 2 heterocycles. The number of thiazole rings is 1. The van der Waals surface area contributed by atoms with Gasteiger partial charge >= 0.3 is 0 Å². The van der Waals surface area contributed by atoms with Gasteiger partial charge in [-0.25, -0.2) is 4.98 Å². The molecule has 0 spiro atoms. The van der Waals surface area contributed by atoms with Crippen molar-refractivity contribution in [3.63, 3.8) is 0 Å². The molecule has 0 bridgehead atoms. The smallest absolute Gasteiger partial charge is 0.261 e. The SMILES string of the molecule is Cc1ncc(CN2C(=O)c3ccccc3C2=O)s1. The van der Waals surface area contributed by atoms with Crippen molar-refractivity contribution in [2.75, 3.05) is 0 Å². The Morgan fingerprint density at radius 2 is 1.78 bits per heavy atom. The fraction of sp³-hybridized carbons (Fsp3) is 0.154. The van der Waals surface area contributed by atoms with E-state index < -0.39 is 0 Å². The average Bonchev–Trinajstić information content (AvgIpc) is 2.88. The highest BCUT2D eigenvalue weighted by Crippen LogP contribution is 2.25. The van der Waals surface area contributed by atoms with Crippen LogP contribution in [-0.2, 0) is 6.54 Å². The first-order valence-corrected chi connectivity index (χ1v) is 6.35. The number of hydrogen-bond donors (Lipinski definition) is 0. The highest BCUT2D eigenvalue weighted by molar-refractivity contribution is 7.11. The maximum Gasteiger partial charge on any atom is 0.261 e. The lowest BCUT2D eigenvalue weighted by atomic mass is 10.1. The summed E-state index contributed by atoms with van der Waals surface area (Å²) in [6.07, 6.45) is 1.71. The molecule has 1 aromatic heterocycles. The van der Waals surface area contributed by atoms with Gasteiger partial charge in [0.2, 0.25) is 0 Å². The number of benzene rings is 1. The number of aromatic nitrogens is 1. The molecule has 0 radical (unpaired) electrons. The maximum absolute atomic E-state index is 12.1. The molecule has 0 saturated carbocycles. The predicted molar refractivity (Wildman–Crippen MR) is 67.5 cm³/mol. The number of carbonyl (C=O) groups is 2. The Kier molecular flexibility index (Phi) is 2.48. The van der Waals surface area contributed by atoms with Crippen LogP contribution in [0.2, 0.25) is 0 Å². The topological polar surface area (TPSA) is 50.3 Å². The third-order valence-corrected chi connectivity index (χ3v) is 3.76. The van der Waals surface area contributed by atoms with Crippen molar-refractivity contribution in [1.82, 2.24) is 9.88 Å². The Bertz CT molecular complexity index is 613. The Balaban J connectivity index is 1.92. The lowest BCUT2D eigenvalue weighted by Gasteiger charge is -2.11. The summed E-state index contributed by atoms with van der Waals surface area (Å²) in [6.45, 7) is 2.20. The quantitative estimate of drug-likeness (QED) is 0.776. The van der Waals surface area contributed by atoms with E-state index in [9.17, 15) is 9.59 Å². The summed E-state index contributed by atoms with van der Waals surface area (Å²) in [5.74, 6) is -0.441. The zero-order valence-electron chi connectivity index (χ0n) is 9.71. The van der Waals surface area contributed by atoms with Crippen LogP contribution >= 0.6 is 11.3 Å². The number of rotatable bonds is 2. The molecule has 1 aliphatic rings. The molecule has 4 nitrogen and oxygen atoms in total. The van der Waals surface area contributed by atoms with Crippen molar-refractivity contribution < 1.29 is 9.59 Å². The van der Waals surface area contributed by atoms with Crippen LogP contribution in [-0.4, -0.2) is 21.7 Å². The van der Waals surface area contributed by atoms with Crippen LogP contribution < -0.4 is 0 Å². The average molecular weight is 258 g/mol. The van der Waals surface area contributed by atoms with Crippen molar-refractivity contribution in [2.24, 2.45) is 0 Å². The summed E-state index contributed by atoms with van der Waals surface area (Å²) in [5, 5.41) is 0.932. The zero-order chi connectivity index (χ0) is 12.7. The van der Waals surface area contributed by atoms with E-state index >= 15 is 0 Å². The summed E-state index contributed by atoms with van der Waals surface area (Å²) in [5.41, 5.74) is 0.979. The molecule has 0 atom stereocenters. The van der Waals surface area contributed by atoms with E-state index in [1.807, 2.05) is 6.92 Å². The first-order chi connectivity index (χ1) is 8.66. The van der Waals surface area contributed by atoms with Gasteiger partial charge in [-0.3, -0.25) is 14.5 Å². The second-order valence-corrected chi connectivity index (χ2v) is 5.41. The summed E-state index contributed by atoms with van der Waals surface area (Å²) in [7, 11) is 0. The summed E-state index contributed by atoms with van der Waals surface area (Å²) < 4.78 is 0. The van der Waals surface area contributed by atoms with Crippen molar-refractivity contribution in [3.8, 4) is 0 Å². The van der Waals surface area contributed by atoms with Gasteiger partial charge in [-0.05, 0) is 19.1 Å². The van der Waals surface area contributed by atoms with Crippen LogP contribution in [0.5, 0.6) is 0 Å². The van der Waals surface area contributed by atoms with Crippen LogP contribution in [0.4, 0.5) is 0 Å². The molecule has 18 heavy (non-hydrogen) atoms. The minimum atomic E-state index is -0.221. The van der Waals surface area contributed by atoms with E-state index in [1.54, 1.807) is 30.5 Å². The summed E-state index contributed by atoms with van der Waals surface area (Å²) in [6, 6.07) is 6.91. The number of hydrogen-bond acceptors (Lipinski definition) is 4. The minimum Gasteiger partial charge on any atom is -0.269 e. The molecule has 1 aliphatic heterocycles. The lowest BCUT2D eigenvalue weighted by Crippen LogP contribution is -2.28. The minimum absolute atomic E-state index is 0.221. The molecular weight excluding hydrogens is 248 g/mol. The van der Waals surface area contributed by atoms with Crippen LogP contribution in [0.1, 0.15) is 30.6 Å². The van der Waals surface area contributed by atoms with Gasteiger partial charge in [0.15, 0.2) is 0 Å². The Hall–Kier alpha value is -2.01. The molecule has 0 fully saturated rings. The first kappa shape index (κ1) is 11.1. The van der Waals surface area contributed by atoms with Gasteiger partial charge in [0, 0.05) is 11.1 Å². The standard InChI is InChI=1S/C13H10N2O2S/c1-8-14-6-9(18-8)7-15-12(16)10-4-2-3-5-11(10)13(15)17/h2-6H,7H2,1H3. The van der Waals surface area contributed by atoms with E-state index in [0.717, 1.165) is 9.88 Å². The van der Waals surface area contributed by atoms with Crippen molar-refractivity contribution in [1.29, 1.82) is 0 Å². The number of nitrogens with zero attached hydrogens (tertiary/aromatic N) is 2. The number of imide groups is 1. The molecule has 0 N–H and O–H groups in total. The van der Waals surface area contributed by atoms with Gasteiger partial charge in [0.25, 0.3) is 11.8 Å². The second-order valence-electron chi connectivity index (χ2n) is 4.09. The molecule has 3 rings (SSSR count). The van der Waals surface area contributed by atoms with Gasteiger partial charge in [0.05, 0.1) is 22.7 Å². The fourth-order valence-corrected chi connectivity index (χ4v) is 2.80. The van der Waals surface area contributed by atoms with E-state index in [0.29, 0.717) is 17.7 Å². The molecule has 5 heteroatoms. The monoisotopic (exact) mass is 258 g/mol. The summed E-state index contributed by atoms with van der Waals surface area (Å²) in [4.78, 5) is 30.5. The molecule has 0 unspecified atom stereocenters. The van der Waals surface area contributed by atoms with Gasteiger partial charge in [-0.2, -0.15) is 0 Å². The van der Waals surface area contributed by atoms with Crippen molar-refractivity contribution in [2.45, 2.75) is 13.5 Å². The Morgan fingerprint density at radius 3 is 2.28 bits per heavy atom. The fourth-order valence-electron chi connectivity index (χ4n) is 2.02.